The van der Waals surface area contributed by atoms with Gasteiger partial charge in [-0.1, -0.05) is 29.8 Å². The summed E-state index contributed by atoms with van der Waals surface area (Å²) in [6.45, 7) is 2.85. The summed E-state index contributed by atoms with van der Waals surface area (Å²) in [5, 5.41) is 6.40. The van der Waals surface area contributed by atoms with E-state index in [0.717, 1.165) is 70.1 Å². The quantitative estimate of drug-likeness (QED) is 0.372. The highest BCUT2D eigenvalue weighted by Crippen LogP contribution is 2.37. The van der Waals surface area contributed by atoms with Gasteiger partial charge in [0.15, 0.2) is 5.82 Å². The van der Waals surface area contributed by atoms with Gasteiger partial charge in [0, 0.05) is 70.7 Å². The standard InChI is InChI=1S/C27H24ClN7/c28-21-4-2-1-3-18(21)22-13-20-17(8-10-31-25(20)32-22)26-33-23-14-29-9-7-19(23)27(34-26)35-12-11-30-24(15-35)16-5-6-16/h1-4,7-10,13-14,16,24,30H,5-6,11-12,15H2,(H,31,32). The first kappa shape index (κ1) is 20.8. The van der Waals surface area contributed by atoms with E-state index in [2.05, 4.69) is 31.2 Å². The molecule has 0 bridgehead atoms. The molecule has 0 amide bonds. The molecule has 2 fully saturated rings. The van der Waals surface area contributed by atoms with Crippen molar-refractivity contribution in [1.82, 2.24) is 30.2 Å². The third-order valence-corrected chi connectivity index (χ3v) is 7.44. The van der Waals surface area contributed by atoms with E-state index in [1.54, 1.807) is 6.20 Å². The maximum Gasteiger partial charge on any atom is 0.163 e. The monoisotopic (exact) mass is 481 g/mol. The van der Waals surface area contributed by atoms with Crippen LogP contribution in [0.1, 0.15) is 12.8 Å². The van der Waals surface area contributed by atoms with Gasteiger partial charge in [0.05, 0.1) is 11.7 Å². The van der Waals surface area contributed by atoms with E-state index in [4.69, 9.17) is 21.6 Å². The molecular weight excluding hydrogens is 458 g/mol. The van der Waals surface area contributed by atoms with Crippen molar-refractivity contribution in [2.45, 2.75) is 18.9 Å². The van der Waals surface area contributed by atoms with Crippen LogP contribution in [0.4, 0.5) is 5.82 Å². The largest absolute Gasteiger partial charge is 0.353 e. The lowest BCUT2D eigenvalue weighted by molar-refractivity contribution is 0.418. The Morgan fingerprint density at radius 2 is 1.89 bits per heavy atom. The summed E-state index contributed by atoms with van der Waals surface area (Å²) >= 11 is 6.47. The molecule has 8 heteroatoms. The minimum absolute atomic E-state index is 0.523. The average molecular weight is 482 g/mol. The molecule has 2 aliphatic rings. The summed E-state index contributed by atoms with van der Waals surface area (Å²) in [4.78, 5) is 24.8. The third kappa shape index (κ3) is 3.72. The van der Waals surface area contributed by atoms with Crippen LogP contribution in [0.15, 0.2) is 61.1 Å². The van der Waals surface area contributed by atoms with E-state index < -0.39 is 0 Å². The Bertz CT molecular complexity index is 1560. The number of rotatable bonds is 4. The Balaban J connectivity index is 1.37. The first-order valence-corrected chi connectivity index (χ1v) is 12.5. The molecule has 1 aliphatic heterocycles. The first-order chi connectivity index (χ1) is 17.2. The molecule has 1 atom stereocenters. The number of H-pyrrole nitrogens is 1. The van der Waals surface area contributed by atoms with Crippen molar-refractivity contribution in [2.24, 2.45) is 5.92 Å². The van der Waals surface area contributed by atoms with Crippen molar-refractivity contribution >= 4 is 39.4 Å². The minimum Gasteiger partial charge on any atom is -0.353 e. The van der Waals surface area contributed by atoms with E-state index in [0.29, 0.717) is 16.9 Å². The Kier molecular flexibility index (Phi) is 4.92. The number of benzene rings is 1. The molecule has 5 aromatic rings. The Morgan fingerprint density at radius 1 is 0.971 bits per heavy atom. The van der Waals surface area contributed by atoms with Gasteiger partial charge in [-0.2, -0.15) is 0 Å². The molecule has 4 aromatic heterocycles. The van der Waals surface area contributed by atoms with E-state index in [-0.39, 0.29) is 0 Å². The molecule has 5 heterocycles. The fraction of sp³-hybridized carbons (Fsp3) is 0.259. The van der Waals surface area contributed by atoms with Gasteiger partial charge in [0.25, 0.3) is 0 Å². The first-order valence-electron chi connectivity index (χ1n) is 12.1. The van der Waals surface area contributed by atoms with Crippen LogP contribution in [0.3, 0.4) is 0 Å². The van der Waals surface area contributed by atoms with Gasteiger partial charge in [0.1, 0.15) is 11.5 Å². The highest BCUT2D eigenvalue weighted by Gasteiger charge is 2.35. The lowest BCUT2D eigenvalue weighted by Crippen LogP contribution is -2.52. The topological polar surface area (TPSA) is 82.6 Å². The molecule has 1 aromatic carbocycles. The van der Waals surface area contributed by atoms with Crippen molar-refractivity contribution in [1.29, 1.82) is 0 Å². The predicted octanol–water partition coefficient (Wildman–Crippen LogP) is 5.08. The molecule has 7 nitrogen and oxygen atoms in total. The van der Waals surface area contributed by atoms with Gasteiger partial charge < -0.3 is 15.2 Å². The van der Waals surface area contributed by atoms with Crippen molar-refractivity contribution in [3.63, 3.8) is 0 Å². The van der Waals surface area contributed by atoms with E-state index in [1.807, 2.05) is 48.8 Å². The van der Waals surface area contributed by atoms with Crippen LogP contribution >= 0.6 is 11.6 Å². The van der Waals surface area contributed by atoms with E-state index >= 15 is 0 Å². The molecule has 0 spiro atoms. The lowest BCUT2D eigenvalue weighted by atomic mass is 10.1. The fourth-order valence-electron chi connectivity index (χ4n) is 5.16. The number of nitrogens with zero attached hydrogens (tertiary/aromatic N) is 5. The molecule has 1 saturated heterocycles. The van der Waals surface area contributed by atoms with Crippen LogP contribution in [0.5, 0.6) is 0 Å². The van der Waals surface area contributed by atoms with Crippen molar-refractivity contribution in [2.75, 3.05) is 24.5 Å². The van der Waals surface area contributed by atoms with Crippen molar-refractivity contribution in [3.05, 3.63) is 66.1 Å². The Morgan fingerprint density at radius 3 is 2.77 bits per heavy atom. The molecule has 1 saturated carbocycles. The highest BCUT2D eigenvalue weighted by atomic mass is 35.5. The van der Waals surface area contributed by atoms with Crippen LogP contribution in [0.25, 0.3) is 44.6 Å². The zero-order chi connectivity index (χ0) is 23.4. The molecule has 1 unspecified atom stereocenters. The number of aromatic nitrogens is 5. The minimum atomic E-state index is 0.523. The van der Waals surface area contributed by atoms with Crippen LogP contribution < -0.4 is 10.2 Å². The number of hydrogen-bond donors (Lipinski definition) is 2. The second-order valence-electron chi connectivity index (χ2n) is 9.39. The molecular formula is C27H24ClN7. The van der Waals surface area contributed by atoms with Crippen LogP contribution in [0.2, 0.25) is 5.02 Å². The predicted molar refractivity (Wildman–Crippen MR) is 140 cm³/mol. The smallest absolute Gasteiger partial charge is 0.163 e. The van der Waals surface area contributed by atoms with Gasteiger partial charge in [-0.15, -0.1) is 0 Å². The summed E-state index contributed by atoms with van der Waals surface area (Å²) in [6, 6.07) is 14.4. The number of anilines is 1. The zero-order valence-electron chi connectivity index (χ0n) is 19.1. The van der Waals surface area contributed by atoms with Crippen LogP contribution in [-0.2, 0) is 0 Å². The zero-order valence-corrected chi connectivity index (χ0v) is 19.8. The van der Waals surface area contributed by atoms with Crippen LogP contribution in [-0.4, -0.2) is 50.6 Å². The number of aromatic amines is 1. The van der Waals surface area contributed by atoms with E-state index in [9.17, 15) is 0 Å². The van der Waals surface area contributed by atoms with Gasteiger partial charge in [-0.3, -0.25) is 4.98 Å². The summed E-state index contributed by atoms with van der Waals surface area (Å²) in [5.41, 5.74) is 4.42. The normalized spacial score (nSPS) is 18.4. The Labute approximate surface area is 207 Å². The van der Waals surface area contributed by atoms with Gasteiger partial charge in [-0.25, -0.2) is 15.0 Å². The maximum absolute atomic E-state index is 6.47. The summed E-state index contributed by atoms with van der Waals surface area (Å²) in [5.74, 6) is 2.44. The molecule has 1 aliphatic carbocycles. The molecule has 35 heavy (non-hydrogen) atoms. The number of fused-ring (bicyclic) bond motifs is 2. The fourth-order valence-corrected chi connectivity index (χ4v) is 5.39. The van der Waals surface area contributed by atoms with Crippen molar-refractivity contribution < 1.29 is 0 Å². The number of pyridine rings is 2. The molecule has 174 valence electrons. The van der Waals surface area contributed by atoms with Crippen molar-refractivity contribution in [3.8, 4) is 22.6 Å². The summed E-state index contributed by atoms with van der Waals surface area (Å²) in [6.07, 6.45) is 8.09. The van der Waals surface area contributed by atoms with Gasteiger partial charge in [-0.05, 0) is 43.0 Å². The maximum atomic E-state index is 6.47. The van der Waals surface area contributed by atoms with E-state index in [1.165, 1.54) is 12.8 Å². The Hall–Kier alpha value is -3.55. The van der Waals surface area contributed by atoms with Gasteiger partial charge in [0.2, 0.25) is 0 Å². The molecule has 0 radical (unpaired) electrons. The summed E-state index contributed by atoms with van der Waals surface area (Å²) in [7, 11) is 0. The van der Waals surface area contributed by atoms with Gasteiger partial charge >= 0.3 is 0 Å². The summed E-state index contributed by atoms with van der Waals surface area (Å²) < 4.78 is 0. The lowest BCUT2D eigenvalue weighted by Gasteiger charge is -2.35. The second kappa shape index (κ2) is 8.29. The highest BCUT2D eigenvalue weighted by molar-refractivity contribution is 6.33. The molecule has 7 rings (SSSR count). The second-order valence-corrected chi connectivity index (χ2v) is 9.80. The molecule has 2 N–H and O–H groups in total. The third-order valence-electron chi connectivity index (χ3n) is 7.11. The van der Waals surface area contributed by atoms with Crippen LogP contribution in [0, 0.1) is 5.92 Å². The number of piperazine rings is 1. The number of halogens is 1. The number of hydrogen-bond acceptors (Lipinski definition) is 6. The number of nitrogens with one attached hydrogen (secondary N) is 2. The average Bonchev–Trinajstić information content (AvgIpc) is 3.66. The SMILES string of the molecule is Clc1ccccc1-c1cc2c(-c3nc(N4CCNC(C5CC5)C4)c4ccncc4n3)ccnc2[nH]1.